The Bertz CT molecular complexity index is 1110. The predicted octanol–water partition coefficient (Wildman–Crippen LogP) is 4.41. The van der Waals surface area contributed by atoms with Gasteiger partial charge in [-0.2, -0.15) is 0 Å². The molecule has 0 bridgehead atoms. The number of aryl methyl sites for hydroxylation is 1. The van der Waals surface area contributed by atoms with Crippen LogP contribution in [-0.4, -0.2) is 32.6 Å². The second-order valence-corrected chi connectivity index (χ2v) is 7.47. The normalized spacial score (nSPS) is 15.1. The summed E-state index contributed by atoms with van der Waals surface area (Å²) in [7, 11) is 0. The Morgan fingerprint density at radius 2 is 2.07 bits per heavy atom. The molecule has 0 amide bonds. The summed E-state index contributed by atoms with van der Waals surface area (Å²) in [6.45, 7) is 3.63. The lowest BCUT2D eigenvalue weighted by Gasteiger charge is -2.20. The van der Waals surface area contributed by atoms with E-state index in [4.69, 9.17) is 14.1 Å². The molecular weight excluding hydrogens is 366 g/mol. The summed E-state index contributed by atoms with van der Waals surface area (Å²) in [6, 6.07) is 7.97. The van der Waals surface area contributed by atoms with Gasteiger partial charge in [0.2, 0.25) is 0 Å². The van der Waals surface area contributed by atoms with Gasteiger partial charge >= 0.3 is 0 Å². The molecule has 0 saturated carbocycles. The Morgan fingerprint density at radius 3 is 2.83 bits per heavy atom. The van der Waals surface area contributed by atoms with E-state index >= 15 is 0 Å². The van der Waals surface area contributed by atoms with E-state index in [-0.39, 0.29) is 0 Å². The molecule has 7 nitrogen and oxygen atoms in total. The summed E-state index contributed by atoms with van der Waals surface area (Å²) in [5.41, 5.74) is 5.50. The number of pyridine rings is 2. The smallest absolute Gasteiger partial charge is 0.181 e. The zero-order valence-corrected chi connectivity index (χ0v) is 16.3. The number of nitrogens with one attached hydrogen (secondary N) is 1. The molecule has 1 N–H and O–H groups in total. The molecule has 7 heteroatoms. The molecule has 0 spiro atoms. The molecule has 5 heterocycles. The van der Waals surface area contributed by atoms with Crippen molar-refractivity contribution in [2.75, 3.05) is 18.5 Å². The van der Waals surface area contributed by atoms with Crippen LogP contribution in [-0.2, 0) is 11.2 Å². The van der Waals surface area contributed by atoms with Crippen LogP contribution in [0.2, 0.25) is 0 Å². The van der Waals surface area contributed by atoms with Crippen LogP contribution in [0.5, 0.6) is 0 Å². The molecule has 148 valence electrons. The average Bonchev–Trinajstić information content (AvgIpc) is 3.36. The van der Waals surface area contributed by atoms with Gasteiger partial charge in [0.1, 0.15) is 5.69 Å². The molecule has 0 radical (unpaired) electrons. The first-order chi connectivity index (χ1) is 14.3. The van der Waals surface area contributed by atoms with Crippen molar-refractivity contribution in [2.24, 2.45) is 5.92 Å². The minimum absolute atomic E-state index is 0.654. The van der Waals surface area contributed by atoms with E-state index in [1.54, 1.807) is 6.20 Å². The van der Waals surface area contributed by atoms with Crippen molar-refractivity contribution in [1.29, 1.82) is 0 Å². The molecule has 0 atom stereocenters. The number of hydrogen-bond donors (Lipinski definition) is 1. The molecule has 0 aliphatic carbocycles. The van der Waals surface area contributed by atoms with E-state index in [1.807, 2.05) is 37.4 Å². The van der Waals surface area contributed by atoms with Gasteiger partial charge in [0.05, 0.1) is 29.0 Å². The lowest BCUT2D eigenvalue weighted by Crippen LogP contribution is -2.17. The molecule has 1 saturated heterocycles. The predicted molar refractivity (Wildman–Crippen MR) is 110 cm³/mol. The fourth-order valence-corrected chi connectivity index (χ4v) is 3.81. The van der Waals surface area contributed by atoms with Gasteiger partial charge in [0.15, 0.2) is 17.8 Å². The summed E-state index contributed by atoms with van der Waals surface area (Å²) < 4.78 is 13.0. The average molecular weight is 389 g/mol. The zero-order chi connectivity index (χ0) is 19.6. The largest absolute Gasteiger partial charge is 0.442 e. The van der Waals surface area contributed by atoms with Gasteiger partial charge in [0.25, 0.3) is 0 Å². The summed E-state index contributed by atoms with van der Waals surface area (Å²) in [6.07, 6.45) is 10.6. The number of oxazole rings is 1. The number of aromatic nitrogens is 4. The van der Waals surface area contributed by atoms with Crippen LogP contribution in [0.15, 0.2) is 53.7 Å². The maximum absolute atomic E-state index is 5.47. The minimum Gasteiger partial charge on any atom is -0.442 e. The van der Waals surface area contributed by atoms with Gasteiger partial charge in [-0.3, -0.25) is 4.98 Å². The van der Waals surface area contributed by atoms with E-state index in [0.29, 0.717) is 11.7 Å². The van der Waals surface area contributed by atoms with Crippen molar-refractivity contribution >= 4 is 17.0 Å². The number of rotatable bonds is 5. The van der Waals surface area contributed by atoms with Crippen molar-refractivity contribution in [3.8, 4) is 11.5 Å². The highest BCUT2D eigenvalue weighted by atomic mass is 16.5. The first-order valence-corrected chi connectivity index (χ1v) is 9.94. The van der Waals surface area contributed by atoms with Crippen molar-refractivity contribution in [3.63, 3.8) is 0 Å². The van der Waals surface area contributed by atoms with Crippen molar-refractivity contribution in [2.45, 2.75) is 26.2 Å². The van der Waals surface area contributed by atoms with Gasteiger partial charge in [-0.25, -0.2) is 9.97 Å². The van der Waals surface area contributed by atoms with Crippen LogP contribution < -0.4 is 5.32 Å². The molecule has 1 aliphatic heterocycles. The molecular formula is C22H23N5O2. The van der Waals surface area contributed by atoms with Crippen LogP contribution in [0.3, 0.4) is 0 Å². The van der Waals surface area contributed by atoms with Crippen LogP contribution in [0.4, 0.5) is 11.4 Å². The van der Waals surface area contributed by atoms with E-state index in [0.717, 1.165) is 66.6 Å². The number of imidazole rings is 1. The number of hydrogen-bond acceptors (Lipinski definition) is 6. The van der Waals surface area contributed by atoms with Crippen LogP contribution in [0, 0.1) is 12.8 Å². The Balaban J connectivity index is 1.36. The van der Waals surface area contributed by atoms with Crippen LogP contribution in [0.1, 0.15) is 24.2 Å². The molecule has 1 fully saturated rings. The number of ether oxygens (including phenoxy) is 1. The van der Waals surface area contributed by atoms with Crippen molar-refractivity contribution in [3.05, 3.63) is 60.6 Å². The van der Waals surface area contributed by atoms with Crippen LogP contribution in [0.25, 0.3) is 17.1 Å². The molecule has 5 rings (SSSR count). The topological polar surface area (TPSA) is 77.5 Å². The fourth-order valence-electron chi connectivity index (χ4n) is 3.81. The maximum Gasteiger partial charge on any atom is 0.181 e. The van der Waals surface area contributed by atoms with E-state index in [9.17, 15) is 0 Å². The lowest BCUT2D eigenvalue weighted by molar-refractivity contribution is 0.0663. The summed E-state index contributed by atoms with van der Waals surface area (Å²) in [4.78, 5) is 13.5. The van der Waals surface area contributed by atoms with Crippen molar-refractivity contribution in [1.82, 2.24) is 19.4 Å². The Hall–Kier alpha value is -3.19. The van der Waals surface area contributed by atoms with Gasteiger partial charge in [0, 0.05) is 25.6 Å². The highest BCUT2D eigenvalue weighted by molar-refractivity contribution is 5.74. The van der Waals surface area contributed by atoms with Gasteiger partial charge in [-0.15, -0.1) is 0 Å². The Labute approximate surface area is 168 Å². The number of nitrogens with zero attached hydrogens (tertiary/aromatic N) is 4. The van der Waals surface area contributed by atoms with Gasteiger partial charge < -0.3 is 18.9 Å². The van der Waals surface area contributed by atoms with E-state index in [1.165, 1.54) is 6.39 Å². The van der Waals surface area contributed by atoms with Crippen molar-refractivity contribution < 1.29 is 9.15 Å². The monoisotopic (exact) mass is 389 g/mol. The third kappa shape index (κ3) is 3.73. The molecule has 0 aromatic carbocycles. The SMILES string of the molecule is Cc1ncoc1-c1ccc(Nc2cccn3cc(CC4CCOCC4)nc23)cn1. The maximum atomic E-state index is 5.47. The zero-order valence-electron chi connectivity index (χ0n) is 16.3. The molecule has 4 aromatic heterocycles. The first kappa shape index (κ1) is 17.9. The third-order valence-electron chi connectivity index (χ3n) is 5.39. The number of fused-ring (bicyclic) bond motifs is 1. The highest BCUT2D eigenvalue weighted by Crippen LogP contribution is 2.26. The highest BCUT2D eigenvalue weighted by Gasteiger charge is 2.17. The molecule has 0 unspecified atom stereocenters. The quantitative estimate of drug-likeness (QED) is 0.545. The number of anilines is 2. The van der Waals surface area contributed by atoms with E-state index < -0.39 is 0 Å². The second-order valence-electron chi connectivity index (χ2n) is 7.47. The van der Waals surface area contributed by atoms with Crippen LogP contribution >= 0.6 is 0 Å². The summed E-state index contributed by atoms with van der Waals surface area (Å²) in [5.74, 6) is 1.35. The Kier molecular flexibility index (Phi) is 4.73. The minimum atomic E-state index is 0.654. The fraction of sp³-hybridized carbons (Fsp3) is 0.318. The third-order valence-corrected chi connectivity index (χ3v) is 5.39. The summed E-state index contributed by atoms with van der Waals surface area (Å²) >= 11 is 0. The lowest BCUT2D eigenvalue weighted by atomic mass is 9.95. The molecule has 29 heavy (non-hydrogen) atoms. The van der Waals surface area contributed by atoms with Gasteiger partial charge in [-0.1, -0.05) is 0 Å². The van der Waals surface area contributed by atoms with E-state index in [2.05, 4.69) is 25.9 Å². The standard InChI is InChI=1S/C22H23N5O2/c1-15-21(29-14-24-15)19-5-4-17(12-23-19)25-20-3-2-8-27-13-18(26-22(20)27)11-16-6-9-28-10-7-16/h2-5,8,12-14,16,25H,6-7,9-11H2,1H3. The Morgan fingerprint density at radius 1 is 1.17 bits per heavy atom. The molecule has 4 aromatic rings. The first-order valence-electron chi connectivity index (χ1n) is 9.94. The second kappa shape index (κ2) is 7.67. The summed E-state index contributed by atoms with van der Waals surface area (Å²) in [5, 5.41) is 3.44. The molecule has 1 aliphatic rings. The van der Waals surface area contributed by atoms with Gasteiger partial charge in [-0.05, 0) is 56.4 Å².